The van der Waals surface area contributed by atoms with Gasteiger partial charge in [-0.2, -0.15) is 0 Å². The van der Waals surface area contributed by atoms with Crippen molar-refractivity contribution in [1.82, 2.24) is 0 Å². The Bertz CT molecular complexity index is 380. The molecule has 0 aliphatic carbocycles. The Balaban J connectivity index is 2.46. The Kier molecular flexibility index (Phi) is 2.06. The summed E-state index contributed by atoms with van der Waals surface area (Å²) in [6, 6.07) is 6.00. The molecule has 0 aromatic heterocycles. The number of hydrogen-bond acceptors (Lipinski definition) is 2. The molecular weight excluding hydrogens is 176 g/mol. The van der Waals surface area contributed by atoms with Crippen LogP contribution in [0.3, 0.4) is 0 Å². The van der Waals surface area contributed by atoms with Gasteiger partial charge in [-0.3, -0.25) is 4.79 Å². The molecule has 2 nitrogen and oxygen atoms in total. The molecule has 0 spiro atoms. The first-order valence-corrected chi connectivity index (χ1v) is 4.95. The SMILES string of the molecule is CC(C)c1ccc2c(c1)C(C)C(=O)O2. The van der Waals surface area contributed by atoms with E-state index in [1.165, 1.54) is 5.56 Å². The summed E-state index contributed by atoms with van der Waals surface area (Å²) < 4.78 is 5.11. The fraction of sp³-hybridized carbons (Fsp3) is 0.417. The molecule has 0 N–H and O–H groups in total. The zero-order chi connectivity index (χ0) is 10.3. The summed E-state index contributed by atoms with van der Waals surface area (Å²) in [6.07, 6.45) is 0. The van der Waals surface area contributed by atoms with Gasteiger partial charge in [0.2, 0.25) is 0 Å². The lowest BCUT2D eigenvalue weighted by Crippen LogP contribution is -2.05. The highest BCUT2D eigenvalue weighted by Crippen LogP contribution is 2.36. The number of carbonyl (C=O) groups is 1. The van der Waals surface area contributed by atoms with Gasteiger partial charge in [-0.25, -0.2) is 0 Å². The monoisotopic (exact) mass is 190 g/mol. The minimum Gasteiger partial charge on any atom is -0.426 e. The van der Waals surface area contributed by atoms with Gasteiger partial charge < -0.3 is 4.74 Å². The Hall–Kier alpha value is -1.31. The second kappa shape index (κ2) is 3.12. The quantitative estimate of drug-likeness (QED) is 0.502. The van der Waals surface area contributed by atoms with Gasteiger partial charge in [0.15, 0.2) is 0 Å². The van der Waals surface area contributed by atoms with Crippen molar-refractivity contribution in [2.45, 2.75) is 32.6 Å². The molecule has 0 saturated heterocycles. The van der Waals surface area contributed by atoms with Crippen molar-refractivity contribution in [3.63, 3.8) is 0 Å². The molecule has 74 valence electrons. The molecule has 1 unspecified atom stereocenters. The third-order valence-electron chi connectivity index (χ3n) is 2.73. The van der Waals surface area contributed by atoms with Gasteiger partial charge in [0, 0.05) is 5.56 Å². The smallest absolute Gasteiger partial charge is 0.318 e. The summed E-state index contributed by atoms with van der Waals surface area (Å²) in [5, 5.41) is 0. The lowest BCUT2D eigenvalue weighted by Gasteiger charge is -2.07. The lowest BCUT2D eigenvalue weighted by atomic mass is 9.96. The molecule has 14 heavy (non-hydrogen) atoms. The number of ether oxygens (including phenoxy) is 1. The van der Waals surface area contributed by atoms with E-state index in [0.29, 0.717) is 5.92 Å². The zero-order valence-electron chi connectivity index (χ0n) is 8.70. The van der Waals surface area contributed by atoms with E-state index >= 15 is 0 Å². The summed E-state index contributed by atoms with van der Waals surface area (Å²) in [7, 11) is 0. The molecule has 1 aromatic rings. The van der Waals surface area contributed by atoms with Crippen LogP contribution in [-0.4, -0.2) is 5.97 Å². The minimum absolute atomic E-state index is 0.108. The molecule has 1 atom stereocenters. The Morgan fingerprint density at radius 2 is 2.07 bits per heavy atom. The largest absolute Gasteiger partial charge is 0.426 e. The van der Waals surface area contributed by atoms with Crippen molar-refractivity contribution in [1.29, 1.82) is 0 Å². The topological polar surface area (TPSA) is 26.3 Å². The molecular formula is C12H14O2. The molecule has 2 rings (SSSR count). The van der Waals surface area contributed by atoms with Crippen LogP contribution in [-0.2, 0) is 4.79 Å². The van der Waals surface area contributed by atoms with Crippen molar-refractivity contribution in [3.05, 3.63) is 29.3 Å². The van der Waals surface area contributed by atoms with E-state index in [9.17, 15) is 4.79 Å². The number of rotatable bonds is 1. The maximum atomic E-state index is 11.3. The Morgan fingerprint density at radius 3 is 2.71 bits per heavy atom. The van der Waals surface area contributed by atoms with Crippen LogP contribution in [0, 0.1) is 0 Å². The number of esters is 1. The number of carbonyl (C=O) groups excluding carboxylic acids is 1. The molecule has 1 aliphatic heterocycles. The van der Waals surface area contributed by atoms with E-state index in [2.05, 4.69) is 19.9 Å². The van der Waals surface area contributed by atoms with Crippen LogP contribution in [0.4, 0.5) is 0 Å². The van der Waals surface area contributed by atoms with E-state index in [1.54, 1.807) is 0 Å². The average Bonchev–Trinajstić information content (AvgIpc) is 2.43. The summed E-state index contributed by atoms with van der Waals surface area (Å²) in [4.78, 5) is 11.3. The standard InChI is InChI=1S/C12H14O2/c1-7(2)9-4-5-11-10(6-9)8(3)12(13)14-11/h4-8H,1-3H3. The van der Waals surface area contributed by atoms with Crippen LogP contribution in [0.1, 0.15) is 43.7 Å². The predicted molar refractivity (Wildman–Crippen MR) is 54.6 cm³/mol. The number of fused-ring (bicyclic) bond motifs is 1. The molecule has 0 saturated carbocycles. The molecule has 0 radical (unpaired) electrons. The highest BCUT2D eigenvalue weighted by atomic mass is 16.5. The molecule has 0 bridgehead atoms. The highest BCUT2D eigenvalue weighted by Gasteiger charge is 2.29. The molecule has 0 fully saturated rings. The summed E-state index contributed by atoms with van der Waals surface area (Å²) in [5.41, 5.74) is 2.29. The van der Waals surface area contributed by atoms with E-state index in [-0.39, 0.29) is 11.9 Å². The fourth-order valence-electron chi connectivity index (χ4n) is 1.68. The average molecular weight is 190 g/mol. The van der Waals surface area contributed by atoms with Gasteiger partial charge >= 0.3 is 5.97 Å². The van der Waals surface area contributed by atoms with Crippen LogP contribution in [0.2, 0.25) is 0 Å². The number of hydrogen-bond donors (Lipinski definition) is 0. The second-order valence-corrected chi connectivity index (χ2v) is 4.09. The second-order valence-electron chi connectivity index (χ2n) is 4.09. The highest BCUT2D eigenvalue weighted by molar-refractivity contribution is 5.85. The maximum Gasteiger partial charge on any atom is 0.318 e. The van der Waals surface area contributed by atoms with E-state index in [4.69, 9.17) is 4.74 Å². The predicted octanol–water partition coefficient (Wildman–Crippen LogP) is 2.83. The van der Waals surface area contributed by atoms with Crippen molar-refractivity contribution >= 4 is 5.97 Å². The van der Waals surface area contributed by atoms with Crippen LogP contribution in [0.25, 0.3) is 0 Å². The van der Waals surface area contributed by atoms with Crippen molar-refractivity contribution in [3.8, 4) is 5.75 Å². The molecule has 1 aromatic carbocycles. The maximum absolute atomic E-state index is 11.3. The van der Waals surface area contributed by atoms with E-state index < -0.39 is 0 Å². The Morgan fingerprint density at radius 1 is 1.36 bits per heavy atom. The summed E-state index contributed by atoms with van der Waals surface area (Å²) >= 11 is 0. The first-order valence-electron chi connectivity index (χ1n) is 4.95. The number of benzene rings is 1. The molecule has 1 aliphatic rings. The lowest BCUT2D eigenvalue weighted by molar-refractivity contribution is -0.133. The third kappa shape index (κ3) is 1.31. The van der Waals surface area contributed by atoms with Crippen LogP contribution in [0.15, 0.2) is 18.2 Å². The van der Waals surface area contributed by atoms with Gasteiger partial charge in [0.05, 0.1) is 5.92 Å². The fourth-order valence-corrected chi connectivity index (χ4v) is 1.68. The van der Waals surface area contributed by atoms with Crippen LogP contribution >= 0.6 is 0 Å². The third-order valence-corrected chi connectivity index (χ3v) is 2.73. The zero-order valence-corrected chi connectivity index (χ0v) is 8.70. The first kappa shape index (κ1) is 9.25. The normalized spacial score (nSPS) is 19.7. The van der Waals surface area contributed by atoms with Gasteiger partial charge in [0.1, 0.15) is 5.75 Å². The van der Waals surface area contributed by atoms with Crippen LogP contribution < -0.4 is 4.74 Å². The molecule has 1 heterocycles. The summed E-state index contributed by atoms with van der Waals surface area (Å²) in [6.45, 7) is 6.17. The first-order chi connectivity index (χ1) is 6.59. The van der Waals surface area contributed by atoms with Gasteiger partial charge in [-0.05, 0) is 24.5 Å². The molecule has 2 heteroatoms. The Labute approximate surface area is 83.9 Å². The van der Waals surface area contributed by atoms with Gasteiger partial charge in [0.25, 0.3) is 0 Å². The molecule has 0 amide bonds. The van der Waals surface area contributed by atoms with E-state index in [0.717, 1.165) is 11.3 Å². The van der Waals surface area contributed by atoms with Crippen molar-refractivity contribution in [2.24, 2.45) is 0 Å². The van der Waals surface area contributed by atoms with Gasteiger partial charge in [-0.15, -0.1) is 0 Å². The van der Waals surface area contributed by atoms with Crippen LogP contribution in [0.5, 0.6) is 5.75 Å². The summed E-state index contributed by atoms with van der Waals surface area (Å²) in [5.74, 6) is 0.972. The van der Waals surface area contributed by atoms with Gasteiger partial charge in [-0.1, -0.05) is 26.0 Å². The van der Waals surface area contributed by atoms with Crippen molar-refractivity contribution < 1.29 is 9.53 Å². The van der Waals surface area contributed by atoms with E-state index in [1.807, 2.05) is 19.1 Å². The van der Waals surface area contributed by atoms with Crippen molar-refractivity contribution in [2.75, 3.05) is 0 Å². The minimum atomic E-state index is -0.138.